The van der Waals surface area contributed by atoms with E-state index >= 15 is 0 Å². The molecule has 3 aromatic rings. The van der Waals surface area contributed by atoms with Gasteiger partial charge in [-0.15, -0.1) is 0 Å². The third kappa shape index (κ3) is 3.34. The van der Waals surface area contributed by atoms with Gasteiger partial charge in [-0.05, 0) is 36.3 Å². The highest BCUT2D eigenvalue weighted by Crippen LogP contribution is 2.35. The van der Waals surface area contributed by atoms with Crippen molar-refractivity contribution in [2.75, 3.05) is 31.1 Å². The molecule has 4 rings (SSSR count). The van der Waals surface area contributed by atoms with E-state index in [1.165, 1.54) is 11.6 Å². The number of fused-ring (bicyclic) bond motifs is 1. The van der Waals surface area contributed by atoms with Gasteiger partial charge in [-0.1, -0.05) is 42.4 Å². The second kappa shape index (κ2) is 7.60. The van der Waals surface area contributed by atoms with Crippen LogP contribution in [0.5, 0.6) is 0 Å². The van der Waals surface area contributed by atoms with Crippen LogP contribution < -0.4 is 4.90 Å². The molecule has 0 bridgehead atoms. The fraction of sp³-hybridized carbons (Fsp3) is 0.227. The standard InChI is InChI=1S/C22H21ClN4O/c1-3-21(28)26-8-10-27(11-9-26)22-18-12-19(23)17(13-20(18)24-14-25-22)16-7-5-4-6-15(16)2/h3-7,12-14H,1,8-11H2,2H3. The quantitative estimate of drug-likeness (QED) is 0.630. The van der Waals surface area contributed by atoms with Crippen molar-refractivity contribution in [1.82, 2.24) is 14.9 Å². The summed E-state index contributed by atoms with van der Waals surface area (Å²) in [6, 6.07) is 12.2. The van der Waals surface area contributed by atoms with Crippen molar-refractivity contribution in [1.29, 1.82) is 0 Å². The van der Waals surface area contributed by atoms with Crippen LogP contribution in [0.15, 0.2) is 55.4 Å². The van der Waals surface area contributed by atoms with Crippen molar-refractivity contribution < 1.29 is 4.79 Å². The molecule has 2 heterocycles. The molecule has 1 amide bonds. The van der Waals surface area contributed by atoms with E-state index in [0.717, 1.165) is 27.8 Å². The van der Waals surface area contributed by atoms with Crippen molar-refractivity contribution in [2.24, 2.45) is 0 Å². The molecule has 0 unspecified atom stereocenters. The zero-order valence-corrected chi connectivity index (χ0v) is 16.5. The monoisotopic (exact) mass is 392 g/mol. The van der Waals surface area contributed by atoms with Crippen LogP contribution in [0.2, 0.25) is 5.02 Å². The van der Waals surface area contributed by atoms with Gasteiger partial charge in [0, 0.05) is 42.2 Å². The first-order chi connectivity index (χ1) is 13.6. The molecule has 5 nitrogen and oxygen atoms in total. The van der Waals surface area contributed by atoms with E-state index in [1.54, 1.807) is 11.2 Å². The minimum atomic E-state index is -0.0295. The molecule has 0 N–H and O–H groups in total. The summed E-state index contributed by atoms with van der Waals surface area (Å²) in [5.74, 6) is 0.826. The third-order valence-corrected chi connectivity index (χ3v) is 5.52. The number of carbonyl (C=O) groups excluding carboxylic acids is 1. The number of amides is 1. The normalized spacial score (nSPS) is 14.4. The number of aryl methyl sites for hydroxylation is 1. The number of carbonyl (C=O) groups is 1. The Balaban J connectivity index is 1.70. The Bertz CT molecular complexity index is 1060. The average Bonchev–Trinajstić information content (AvgIpc) is 2.73. The third-order valence-electron chi connectivity index (χ3n) is 5.20. The van der Waals surface area contributed by atoms with Crippen LogP contribution in [0.1, 0.15) is 5.56 Å². The van der Waals surface area contributed by atoms with Crippen LogP contribution in [0, 0.1) is 6.92 Å². The van der Waals surface area contributed by atoms with Crippen molar-refractivity contribution in [2.45, 2.75) is 6.92 Å². The number of aromatic nitrogens is 2. The summed E-state index contributed by atoms with van der Waals surface area (Å²) in [6.45, 7) is 8.35. The molecule has 6 heteroatoms. The summed E-state index contributed by atoms with van der Waals surface area (Å²) < 4.78 is 0. The van der Waals surface area contributed by atoms with Crippen LogP contribution in [-0.4, -0.2) is 47.0 Å². The lowest BCUT2D eigenvalue weighted by Gasteiger charge is -2.35. The molecule has 0 spiro atoms. The topological polar surface area (TPSA) is 49.3 Å². The number of anilines is 1. The summed E-state index contributed by atoms with van der Waals surface area (Å²) in [7, 11) is 0. The molecule has 1 aliphatic heterocycles. The second-order valence-corrected chi connectivity index (χ2v) is 7.29. The highest BCUT2D eigenvalue weighted by atomic mass is 35.5. The minimum absolute atomic E-state index is 0.0295. The maximum atomic E-state index is 11.8. The first kappa shape index (κ1) is 18.4. The van der Waals surface area contributed by atoms with Gasteiger partial charge in [-0.2, -0.15) is 0 Å². The Labute approximate surface area is 169 Å². The summed E-state index contributed by atoms with van der Waals surface area (Å²) in [5, 5.41) is 1.60. The predicted molar refractivity (Wildman–Crippen MR) is 114 cm³/mol. The molecule has 1 aromatic heterocycles. The van der Waals surface area contributed by atoms with E-state index in [4.69, 9.17) is 11.6 Å². The Morgan fingerprint density at radius 2 is 1.86 bits per heavy atom. The maximum absolute atomic E-state index is 11.8. The van der Waals surface area contributed by atoms with Gasteiger partial charge in [0.25, 0.3) is 0 Å². The van der Waals surface area contributed by atoms with Crippen LogP contribution in [0.4, 0.5) is 5.82 Å². The summed E-state index contributed by atoms with van der Waals surface area (Å²) >= 11 is 6.67. The van der Waals surface area contributed by atoms with E-state index in [2.05, 4.69) is 40.5 Å². The maximum Gasteiger partial charge on any atom is 0.246 e. The Morgan fingerprint density at radius 1 is 1.11 bits per heavy atom. The largest absolute Gasteiger partial charge is 0.352 e. The molecule has 142 valence electrons. The number of benzene rings is 2. The fourth-order valence-corrected chi connectivity index (χ4v) is 3.93. The molecule has 0 aliphatic carbocycles. The number of hydrogen-bond donors (Lipinski definition) is 0. The Kier molecular flexibility index (Phi) is 5.01. The summed E-state index contributed by atoms with van der Waals surface area (Å²) in [5.41, 5.74) is 4.10. The molecule has 0 atom stereocenters. The average molecular weight is 393 g/mol. The van der Waals surface area contributed by atoms with Crippen LogP contribution >= 0.6 is 11.6 Å². The molecular weight excluding hydrogens is 372 g/mol. The van der Waals surface area contributed by atoms with Gasteiger partial charge < -0.3 is 9.80 Å². The van der Waals surface area contributed by atoms with E-state index in [-0.39, 0.29) is 5.91 Å². The number of rotatable bonds is 3. The zero-order chi connectivity index (χ0) is 19.7. The van der Waals surface area contributed by atoms with Gasteiger partial charge in [-0.3, -0.25) is 4.79 Å². The molecule has 1 saturated heterocycles. The SMILES string of the molecule is C=CC(=O)N1CCN(c2ncnc3cc(-c4ccccc4C)c(Cl)cc23)CC1. The van der Waals surface area contributed by atoms with E-state index in [9.17, 15) is 4.79 Å². The minimum Gasteiger partial charge on any atom is -0.352 e. The fourth-order valence-electron chi connectivity index (χ4n) is 3.66. The lowest BCUT2D eigenvalue weighted by molar-refractivity contribution is -0.126. The molecule has 0 radical (unpaired) electrons. The van der Waals surface area contributed by atoms with Gasteiger partial charge in [0.1, 0.15) is 12.1 Å². The van der Waals surface area contributed by atoms with Crippen molar-refractivity contribution in [3.05, 3.63) is 66.0 Å². The van der Waals surface area contributed by atoms with E-state index in [0.29, 0.717) is 31.2 Å². The predicted octanol–water partition coefficient (Wildman–Crippen LogP) is 4.09. The number of hydrogen-bond acceptors (Lipinski definition) is 4. The Hall–Kier alpha value is -2.92. The first-order valence-corrected chi connectivity index (χ1v) is 9.63. The van der Waals surface area contributed by atoms with Crippen LogP contribution in [-0.2, 0) is 4.79 Å². The van der Waals surface area contributed by atoms with Crippen LogP contribution in [0.25, 0.3) is 22.0 Å². The summed E-state index contributed by atoms with van der Waals surface area (Å²) in [4.78, 5) is 24.8. The van der Waals surface area contributed by atoms with Crippen molar-refractivity contribution >= 4 is 34.2 Å². The van der Waals surface area contributed by atoms with Gasteiger partial charge in [0.15, 0.2) is 0 Å². The van der Waals surface area contributed by atoms with Crippen molar-refractivity contribution in [3.63, 3.8) is 0 Å². The number of nitrogens with zero attached hydrogens (tertiary/aromatic N) is 4. The molecule has 1 aliphatic rings. The highest BCUT2D eigenvalue weighted by Gasteiger charge is 2.22. The van der Waals surface area contributed by atoms with Gasteiger partial charge in [0.2, 0.25) is 5.91 Å². The Morgan fingerprint density at radius 3 is 2.57 bits per heavy atom. The smallest absolute Gasteiger partial charge is 0.246 e. The van der Waals surface area contributed by atoms with Crippen LogP contribution in [0.3, 0.4) is 0 Å². The van der Waals surface area contributed by atoms with E-state index < -0.39 is 0 Å². The lowest BCUT2D eigenvalue weighted by Crippen LogP contribution is -2.48. The molecule has 28 heavy (non-hydrogen) atoms. The summed E-state index contributed by atoms with van der Waals surface area (Å²) in [6.07, 6.45) is 2.96. The molecule has 2 aromatic carbocycles. The highest BCUT2D eigenvalue weighted by molar-refractivity contribution is 6.34. The zero-order valence-electron chi connectivity index (χ0n) is 15.7. The molecule has 0 saturated carbocycles. The van der Waals surface area contributed by atoms with E-state index in [1.807, 2.05) is 24.3 Å². The first-order valence-electron chi connectivity index (χ1n) is 9.25. The van der Waals surface area contributed by atoms with Gasteiger partial charge >= 0.3 is 0 Å². The lowest BCUT2D eigenvalue weighted by atomic mass is 9.99. The van der Waals surface area contributed by atoms with Gasteiger partial charge in [-0.25, -0.2) is 9.97 Å². The molecule has 1 fully saturated rings. The number of halogens is 1. The number of piperazine rings is 1. The van der Waals surface area contributed by atoms with Gasteiger partial charge in [0.05, 0.1) is 5.52 Å². The molecular formula is C22H21ClN4O. The second-order valence-electron chi connectivity index (χ2n) is 6.88. The van der Waals surface area contributed by atoms with Crippen molar-refractivity contribution in [3.8, 4) is 11.1 Å².